The highest BCUT2D eigenvalue weighted by Crippen LogP contribution is 2.34. The van der Waals surface area contributed by atoms with Crippen LogP contribution in [-0.2, 0) is 6.54 Å². The number of methoxy groups -OCH3 is 1. The maximum atomic E-state index is 6.01. The molecule has 0 saturated carbocycles. The monoisotopic (exact) mass is 417 g/mol. The Morgan fingerprint density at radius 3 is 2.26 bits per heavy atom. The third-order valence-corrected chi connectivity index (χ3v) is 4.22. The minimum absolute atomic E-state index is 0.0772. The van der Waals surface area contributed by atoms with Gasteiger partial charge in [0.2, 0.25) is 0 Å². The zero-order chi connectivity index (χ0) is 17.0. The molecule has 2 aromatic rings. The van der Waals surface area contributed by atoms with Gasteiger partial charge in [0.05, 0.1) is 13.2 Å². The summed E-state index contributed by atoms with van der Waals surface area (Å²) in [5.41, 5.74) is 1.89. The van der Waals surface area contributed by atoms with Gasteiger partial charge in [-0.3, -0.25) is 0 Å². The number of halogens is 3. The van der Waals surface area contributed by atoms with Gasteiger partial charge in [-0.15, -0.1) is 0 Å². The Bertz CT molecular complexity index is 672. The van der Waals surface area contributed by atoms with Crippen molar-refractivity contribution in [2.75, 3.05) is 12.4 Å². The van der Waals surface area contributed by atoms with Crippen LogP contribution in [-0.4, -0.2) is 13.2 Å². The molecule has 23 heavy (non-hydrogen) atoms. The lowest BCUT2D eigenvalue weighted by molar-refractivity contribution is 0.230. The summed E-state index contributed by atoms with van der Waals surface area (Å²) >= 11 is 15.6. The molecule has 0 spiro atoms. The standard InChI is InChI=1S/C17H18BrCl2NO2/c1-10(2)23-17-8-15(18)11(4-16(17)22-3)9-21-14-6-12(19)5-13(20)7-14/h4-8,10,21H,9H2,1-3H3. The zero-order valence-corrected chi connectivity index (χ0v) is 16.2. The molecular formula is C17H18BrCl2NO2. The summed E-state index contributed by atoms with van der Waals surface area (Å²) in [5, 5.41) is 4.49. The fraction of sp³-hybridized carbons (Fsp3) is 0.294. The lowest BCUT2D eigenvalue weighted by Crippen LogP contribution is -2.08. The molecule has 0 saturated heterocycles. The average molecular weight is 419 g/mol. The van der Waals surface area contributed by atoms with Crippen molar-refractivity contribution < 1.29 is 9.47 Å². The summed E-state index contributed by atoms with van der Waals surface area (Å²) < 4.78 is 12.1. The predicted octanol–water partition coefficient (Wildman–Crippen LogP) is 6.16. The molecule has 6 heteroatoms. The lowest BCUT2D eigenvalue weighted by Gasteiger charge is -2.16. The van der Waals surface area contributed by atoms with E-state index < -0.39 is 0 Å². The number of rotatable bonds is 6. The van der Waals surface area contributed by atoms with E-state index >= 15 is 0 Å². The van der Waals surface area contributed by atoms with E-state index in [1.807, 2.05) is 38.1 Å². The first-order valence-electron chi connectivity index (χ1n) is 7.12. The van der Waals surface area contributed by atoms with Gasteiger partial charge in [0.25, 0.3) is 0 Å². The second-order valence-corrected chi connectivity index (χ2v) is 7.00. The Morgan fingerprint density at radius 1 is 1.04 bits per heavy atom. The van der Waals surface area contributed by atoms with Crippen molar-refractivity contribution in [2.45, 2.75) is 26.5 Å². The molecule has 3 nitrogen and oxygen atoms in total. The SMILES string of the molecule is COc1cc(CNc2cc(Cl)cc(Cl)c2)c(Br)cc1OC(C)C. The number of hydrogen-bond acceptors (Lipinski definition) is 3. The highest BCUT2D eigenvalue weighted by molar-refractivity contribution is 9.10. The summed E-state index contributed by atoms with van der Waals surface area (Å²) in [6.45, 7) is 4.55. The van der Waals surface area contributed by atoms with Crippen LogP contribution in [0, 0.1) is 0 Å². The quantitative estimate of drug-likeness (QED) is 0.608. The van der Waals surface area contributed by atoms with Crippen LogP contribution in [0.15, 0.2) is 34.8 Å². The van der Waals surface area contributed by atoms with Crippen molar-refractivity contribution in [1.82, 2.24) is 0 Å². The van der Waals surface area contributed by atoms with Crippen LogP contribution in [0.25, 0.3) is 0 Å². The fourth-order valence-corrected chi connectivity index (χ4v) is 3.06. The Hall–Kier alpha value is -1.10. The van der Waals surface area contributed by atoms with E-state index in [2.05, 4.69) is 21.2 Å². The molecule has 0 atom stereocenters. The summed E-state index contributed by atoms with van der Waals surface area (Å²) in [6, 6.07) is 9.22. The second kappa shape index (κ2) is 8.13. The van der Waals surface area contributed by atoms with Crippen LogP contribution in [0.5, 0.6) is 11.5 Å². The van der Waals surface area contributed by atoms with E-state index in [0.29, 0.717) is 28.1 Å². The van der Waals surface area contributed by atoms with Gasteiger partial charge in [-0.05, 0) is 49.7 Å². The second-order valence-electron chi connectivity index (χ2n) is 5.27. The highest BCUT2D eigenvalue weighted by Gasteiger charge is 2.12. The first-order valence-corrected chi connectivity index (χ1v) is 8.67. The van der Waals surface area contributed by atoms with Crippen molar-refractivity contribution in [3.8, 4) is 11.5 Å². The average Bonchev–Trinajstić information content (AvgIpc) is 2.44. The first-order chi connectivity index (χ1) is 10.9. The number of anilines is 1. The molecule has 0 radical (unpaired) electrons. The van der Waals surface area contributed by atoms with Crippen LogP contribution in [0.3, 0.4) is 0 Å². The molecule has 0 heterocycles. The van der Waals surface area contributed by atoms with Crippen molar-refractivity contribution in [3.63, 3.8) is 0 Å². The van der Waals surface area contributed by atoms with Gasteiger partial charge in [-0.2, -0.15) is 0 Å². The molecule has 0 aliphatic carbocycles. The van der Waals surface area contributed by atoms with Crippen LogP contribution < -0.4 is 14.8 Å². The van der Waals surface area contributed by atoms with E-state index in [4.69, 9.17) is 32.7 Å². The molecule has 0 aliphatic heterocycles. The number of nitrogens with one attached hydrogen (secondary N) is 1. The summed E-state index contributed by atoms with van der Waals surface area (Å²) in [4.78, 5) is 0. The van der Waals surface area contributed by atoms with Crippen molar-refractivity contribution >= 4 is 44.8 Å². The van der Waals surface area contributed by atoms with Gasteiger partial charge in [0, 0.05) is 26.8 Å². The van der Waals surface area contributed by atoms with Crippen molar-refractivity contribution in [3.05, 3.63) is 50.4 Å². The Labute approximate surface area is 155 Å². The van der Waals surface area contributed by atoms with E-state index in [-0.39, 0.29) is 6.10 Å². The summed E-state index contributed by atoms with van der Waals surface area (Å²) in [5.74, 6) is 1.41. The van der Waals surface area contributed by atoms with Crippen LogP contribution in [0.1, 0.15) is 19.4 Å². The molecule has 0 bridgehead atoms. The third kappa shape index (κ3) is 5.20. The molecule has 0 unspecified atom stereocenters. The largest absolute Gasteiger partial charge is 0.493 e. The van der Waals surface area contributed by atoms with E-state index in [1.165, 1.54) is 0 Å². The predicted molar refractivity (Wildman–Crippen MR) is 100 cm³/mol. The molecule has 2 rings (SSSR count). The van der Waals surface area contributed by atoms with Gasteiger partial charge in [-0.25, -0.2) is 0 Å². The van der Waals surface area contributed by atoms with E-state index in [1.54, 1.807) is 13.2 Å². The normalized spacial score (nSPS) is 10.7. The van der Waals surface area contributed by atoms with Crippen molar-refractivity contribution in [2.24, 2.45) is 0 Å². The minimum atomic E-state index is 0.0772. The minimum Gasteiger partial charge on any atom is -0.493 e. The molecule has 0 fully saturated rings. The molecular weight excluding hydrogens is 401 g/mol. The van der Waals surface area contributed by atoms with Gasteiger partial charge in [0.15, 0.2) is 11.5 Å². The summed E-state index contributed by atoms with van der Waals surface area (Å²) in [6.07, 6.45) is 0.0772. The van der Waals surface area contributed by atoms with E-state index in [0.717, 1.165) is 15.7 Å². The molecule has 124 valence electrons. The number of hydrogen-bond donors (Lipinski definition) is 1. The molecule has 0 aliphatic rings. The van der Waals surface area contributed by atoms with Gasteiger partial charge < -0.3 is 14.8 Å². The molecule has 2 aromatic carbocycles. The Morgan fingerprint density at radius 2 is 1.70 bits per heavy atom. The van der Waals surface area contributed by atoms with Crippen LogP contribution in [0.2, 0.25) is 10.0 Å². The fourth-order valence-electron chi connectivity index (χ4n) is 2.07. The molecule has 0 amide bonds. The zero-order valence-electron chi connectivity index (χ0n) is 13.1. The number of benzene rings is 2. The number of ether oxygens (including phenoxy) is 2. The summed E-state index contributed by atoms with van der Waals surface area (Å²) in [7, 11) is 1.63. The Balaban J connectivity index is 2.19. The van der Waals surface area contributed by atoms with Crippen molar-refractivity contribution in [1.29, 1.82) is 0 Å². The topological polar surface area (TPSA) is 30.5 Å². The van der Waals surface area contributed by atoms with Gasteiger partial charge in [-0.1, -0.05) is 39.1 Å². The van der Waals surface area contributed by atoms with Crippen LogP contribution in [0.4, 0.5) is 5.69 Å². The molecule has 0 aromatic heterocycles. The van der Waals surface area contributed by atoms with Crippen LogP contribution >= 0.6 is 39.1 Å². The molecule has 1 N–H and O–H groups in total. The van der Waals surface area contributed by atoms with Gasteiger partial charge >= 0.3 is 0 Å². The lowest BCUT2D eigenvalue weighted by atomic mass is 10.2. The third-order valence-electron chi connectivity index (χ3n) is 3.04. The first kappa shape index (κ1) is 18.2. The maximum absolute atomic E-state index is 6.01. The maximum Gasteiger partial charge on any atom is 0.162 e. The Kier molecular flexibility index (Phi) is 6.45. The van der Waals surface area contributed by atoms with Gasteiger partial charge in [0.1, 0.15) is 0 Å². The highest BCUT2D eigenvalue weighted by atomic mass is 79.9. The smallest absolute Gasteiger partial charge is 0.162 e. The van der Waals surface area contributed by atoms with E-state index in [9.17, 15) is 0 Å².